The van der Waals surface area contributed by atoms with Gasteiger partial charge in [-0.1, -0.05) is 34.8 Å². The Morgan fingerprint density at radius 2 is 1.82 bits per heavy atom. The number of carboxylic acids is 1. The predicted molar refractivity (Wildman–Crippen MR) is 102 cm³/mol. The molecule has 0 aliphatic carbocycles. The van der Waals surface area contributed by atoms with Gasteiger partial charge in [-0.25, -0.2) is 5.10 Å². The molecule has 0 unspecified atom stereocenters. The summed E-state index contributed by atoms with van der Waals surface area (Å²) < 4.78 is 14.4. The normalized spacial score (nSPS) is 10.8. The van der Waals surface area contributed by atoms with E-state index < -0.39 is 11.9 Å². The molecule has 0 bridgehead atoms. The van der Waals surface area contributed by atoms with Gasteiger partial charge >= 0.3 is 5.97 Å². The Hall–Kier alpha value is -3.55. The molecular weight excluding hydrogens is 365 g/mol. The molecule has 3 aromatic rings. The highest BCUT2D eigenvalue weighted by Gasteiger charge is 2.16. The third-order valence-corrected chi connectivity index (χ3v) is 4.28. The van der Waals surface area contributed by atoms with Crippen molar-refractivity contribution in [2.24, 2.45) is 0 Å². The maximum atomic E-state index is 14.4. The number of anilines is 1. The fourth-order valence-corrected chi connectivity index (χ4v) is 2.92. The third kappa shape index (κ3) is 4.40. The molecule has 28 heavy (non-hydrogen) atoms. The number of fused-ring (bicyclic) bond motifs is 1. The Balaban J connectivity index is 1.79. The lowest BCUT2D eigenvalue weighted by molar-refractivity contribution is -0.137. The first-order chi connectivity index (χ1) is 13.5. The summed E-state index contributed by atoms with van der Waals surface area (Å²) in [5.41, 5.74) is 1.12. The summed E-state index contributed by atoms with van der Waals surface area (Å²) >= 11 is 0. The molecule has 144 valence electrons. The fraction of sp³-hybridized carbons (Fsp3) is 0.200. The van der Waals surface area contributed by atoms with Crippen LogP contribution >= 0.6 is 0 Å². The quantitative estimate of drug-likeness (QED) is 0.611. The number of carboxylic acid groups (broad SMARTS) is 1. The number of benzene rings is 2. The topological polar surface area (TPSA) is 103 Å². The lowest BCUT2D eigenvalue weighted by atomic mass is 10.0. The largest absolute Gasteiger partial charge is 0.481 e. The van der Waals surface area contributed by atoms with Gasteiger partial charge in [-0.05, 0) is 30.2 Å². The van der Waals surface area contributed by atoms with E-state index in [2.05, 4.69) is 10.2 Å². The maximum Gasteiger partial charge on any atom is 0.303 e. The number of hydrogen-bond donors (Lipinski definition) is 2. The zero-order chi connectivity index (χ0) is 20.1. The van der Waals surface area contributed by atoms with Gasteiger partial charge in [0.1, 0.15) is 0 Å². The Morgan fingerprint density at radius 1 is 1.07 bits per heavy atom. The van der Waals surface area contributed by atoms with Crippen LogP contribution < -0.4 is 10.7 Å². The van der Waals surface area contributed by atoms with E-state index in [0.29, 0.717) is 28.5 Å². The number of nitrogens with one attached hydrogen (secondary N) is 1. The van der Waals surface area contributed by atoms with Crippen LogP contribution in [0.3, 0.4) is 0 Å². The van der Waals surface area contributed by atoms with Crippen LogP contribution in [0.5, 0.6) is 0 Å². The second-order valence-electron chi connectivity index (χ2n) is 6.31. The number of aromatic amines is 1. The second kappa shape index (κ2) is 8.43. The molecule has 8 heteroatoms. The molecule has 0 atom stereocenters. The molecule has 0 aliphatic rings. The number of rotatable bonds is 7. The SMILES string of the molecule is O=C(O)CCCC(=O)N(F)c1cccc(Cc2n[nH]c(=O)c3ccccc23)c1. The number of nitrogens with zero attached hydrogens (tertiary/aromatic N) is 2. The highest BCUT2D eigenvalue weighted by Crippen LogP contribution is 2.22. The van der Waals surface area contributed by atoms with Crippen LogP contribution in [-0.2, 0) is 16.0 Å². The van der Waals surface area contributed by atoms with Crippen LogP contribution in [0.1, 0.15) is 30.5 Å². The fourth-order valence-electron chi connectivity index (χ4n) is 2.92. The van der Waals surface area contributed by atoms with E-state index >= 15 is 0 Å². The highest BCUT2D eigenvalue weighted by atomic mass is 19.2. The molecular formula is C20H18FN3O4. The summed E-state index contributed by atoms with van der Waals surface area (Å²) in [7, 11) is 0. The maximum absolute atomic E-state index is 14.4. The van der Waals surface area contributed by atoms with E-state index in [4.69, 9.17) is 5.11 Å². The van der Waals surface area contributed by atoms with Gasteiger partial charge in [-0.15, -0.1) is 5.12 Å². The number of aromatic nitrogens is 2. The summed E-state index contributed by atoms with van der Waals surface area (Å²) in [5, 5.41) is 16.4. The number of hydrogen-bond acceptors (Lipinski definition) is 4. The van der Waals surface area contributed by atoms with Crippen LogP contribution in [0.25, 0.3) is 10.8 Å². The van der Waals surface area contributed by atoms with Crippen molar-refractivity contribution in [2.45, 2.75) is 25.7 Å². The number of carbonyl (C=O) groups excluding carboxylic acids is 1. The molecule has 2 N–H and O–H groups in total. The average molecular weight is 383 g/mol. The molecule has 7 nitrogen and oxygen atoms in total. The van der Waals surface area contributed by atoms with Crippen LogP contribution in [0.4, 0.5) is 10.2 Å². The molecule has 0 radical (unpaired) electrons. The van der Waals surface area contributed by atoms with Crippen molar-refractivity contribution in [1.29, 1.82) is 0 Å². The zero-order valence-corrected chi connectivity index (χ0v) is 14.9. The predicted octanol–water partition coefficient (Wildman–Crippen LogP) is 2.99. The monoisotopic (exact) mass is 383 g/mol. The van der Waals surface area contributed by atoms with E-state index in [1.54, 1.807) is 30.3 Å². The minimum absolute atomic E-state index is 0.0315. The van der Waals surface area contributed by atoms with Gasteiger partial charge in [0.15, 0.2) is 0 Å². The number of amides is 1. The molecule has 1 heterocycles. The second-order valence-corrected chi connectivity index (χ2v) is 6.31. The number of halogens is 1. The van der Waals surface area contributed by atoms with Gasteiger partial charge in [-0.3, -0.25) is 14.4 Å². The number of aliphatic carboxylic acids is 1. The molecule has 0 saturated carbocycles. The summed E-state index contributed by atoms with van der Waals surface area (Å²) in [5.74, 6) is -1.83. The highest BCUT2D eigenvalue weighted by molar-refractivity contribution is 5.91. The van der Waals surface area contributed by atoms with Gasteiger partial charge in [-0.2, -0.15) is 5.10 Å². The van der Waals surface area contributed by atoms with E-state index in [0.717, 1.165) is 0 Å². The Bertz CT molecular complexity index is 1080. The first kappa shape index (κ1) is 19.2. The van der Waals surface area contributed by atoms with Crippen molar-refractivity contribution in [1.82, 2.24) is 10.2 Å². The summed E-state index contributed by atoms with van der Waals surface area (Å²) in [4.78, 5) is 34.3. The van der Waals surface area contributed by atoms with Crippen LogP contribution in [0, 0.1) is 0 Å². The van der Waals surface area contributed by atoms with Gasteiger partial charge in [0.05, 0.1) is 16.8 Å². The standard InChI is InChI=1S/C20H18FN3O4/c21-24(18(25)9-4-10-19(26)27)14-6-3-5-13(11-14)12-17-15-7-1-2-8-16(15)20(28)23-22-17/h1-3,5-8,11H,4,9-10,12H2,(H,23,28)(H,26,27). The van der Waals surface area contributed by atoms with Gasteiger partial charge < -0.3 is 5.11 Å². The molecule has 0 saturated heterocycles. The van der Waals surface area contributed by atoms with E-state index in [-0.39, 0.29) is 35.6 Å². The van der Waals surface area contributed by atoms with E-state index in [1.165, 1.54) is 12.1 Å². The van der Waals surface area contributed by atoms with Crippen molar-refractivity contribution in [2.75, 3.05) is 5.12 Å². The Kier molecular flexibility index (Phi) is 5.78. The van der Waals surface area contributed by atoms with E-state index in [9.17, 15) is 18.9 Å². The molecule has 0 aliphatic heterocycles. The number of carbonyl (C=O) groups is 2. The zero-order valence-electron chi connectivity index (χ0n) is 14.9. The summed E-state index contributed by atoms with van der Waals surface area (Å²) in [6, 6.07) is 13.4. The molecule has 0 fully saturated rings. The molecule has 0 spiro atoms. The Morgan fingerprint density at radius 3 is 2.57 bits per heavy atom. The molecule has 2 aromatic carbocycles. The summed E-state index contributed by atoms with van der Waals surface area (Å²) in [6.45, 7) is 0. The molecule has 1 aromatic heterocycles. The van der Waals surface area contributed by atoms with Crippen molar-refractivity contribution in [3.8, 4) is 0 Å². The van der Waals surface area contributed by atoms with Crippen LogP contribution in [0.15, 0.2) is 53.3 Å². The van der Waals surface area contributed by atoms with Crippen molar-refractivity contribution in [3.05, 3.63) is 70.1 Å². The Labute approximate surface area is 159 Å². The summed E-state index contributed by atoms with van der Waals surface area (Å²) in [6.07, 6.45) is 0.0253. The van der Waals surface area contributed by atoms with Crippen molar-refractivity contribution >= 4 is 28.3 Å². The smallest absolute Gasteiger partial charge is 0.303 e. The minimum Gasteiger partial charge on any atom is -0.481 e. The van der Waals surface area contributed by atoms with Crippen molar-refractivity contribution in [3.63, 3.8) is 0 Å². The lowest BCUT2D eigenvalue weighted by Crippen LogP contribution is -2.22. The van der Waals surface area contributed by atoms with Gasteiger partial charge in [0, 0.05) is 24.6 Å². The third-order valence-electron chi connectivity index (χ3n) is 4.28. The van der Waals surface area contributed by atoms with Crippen LogP contribution in [-0.4, -0.2) is 27.2 Å². The first-order valence-corrected chi connectivity index (χ1v) is 8.71. The number of H-pyrrole nitrogens is 1. The lowest BCUT2D eigenvalue weighted by Gasteiger charge is -2.13. The van der Waals surface area contributed by atoms with E-state index in [1.807, 2.05) is 6.07 Å². The average Bonchev–Trinajstić information content (AvgIpc) is 2.69. The molecule has 1 amide bonds. The first-order valence-electron chi connectivity index (χ1n) is 8.71. The van der Waals surface area contributed by atoms with Crippen molar-refractivity contribution < 1.29 is 19.2 Å². The molecule has 3 rings (SSSR count). The minimum atomic E-state index is -1.03. The van der Waals surface area contributed by atoms with Crippen LogP contribution in [0.2, 0.25) is 0 Å². The van der Waals surface area contributed by atoms with Gasteiger partial charge in [0.2, 0.25) is 0 Å². The van der Waals surface area contributed by atoms with Gasteiger partial charge in [0.25, 0.3) is 11.5 Å².